The van der Waals surface area contributed by atoms with E-state index in [1.54, 1.807) is 0 Å². The largest absolute Gasteiger partial charge is 0.490 e. The van der Waals surface area contributed by atoms with Gasteiger partial charge >= 0.3 is 0 Å². The zero-order valence-corrected chi connectivity index (χ0v) is 20.2. The highest BCUT2D eigenvalue weighted by molar-refractivity contribution is 6.42. The van der Waals surface area contributed by atoms with Gasteiger partial charge in [0.2, 0.25) is 0 Å². The lowest BCUT2D eigenvalue weighted by Crippen LogP contribution is -2.39. The third-order valence-corrected chi connectivity index (χ3v) is 7.03. The first kappa shape index (κ1) is 23.9. The summed E-state index contributed by atoms with van der Waals surface area (Å²) in [6.07, 6.45) is 4.28. The number of nitrogens with two attached hydrogens (primary N) is 2. The van der Waals surface area contributed by atoms with E-state index in [0.29, 0.717) is 28.3 Å². The summed E-state index contributed by atoms with van der Waals surface area (Å²) in [5, 5.41) is 8.14. The number of hydrogen-bond donors (Lipinski definition) is 3. The minimum absolute atomic E-state index is 0.161. The van der Waals surface area contributed by atoms with Gasteiger partial charge in [-0.05, 0) is 98.8 Å². The summed E-state index contributed by atoms with van der Waals surface area (Å²) in [6.45, 7) is 3.63. The summed E-state index contributed by atoms with van der Waals surface area (Å²) < 4.78 is 6.48. The Morgan fingerprint density at radius 3 is 2.45 bits per heavy atom. The second-order valence-electron chi connectivity index (χ2n) is 8.68. The summed E-state index contributed by atoms with van der Waals surface area (Å²) in [7, 11) is 0. The van der Waals surface area contributed by atoms with E-state index >= 15 is 0 Å². The molecule has 0 saturated carbocycles. The maximum Gasteiger partial charge on any atom is 0.145 e. The van der Waals surface area contributed by atoms with Crippen molar-refractivity contribution in [2.75, 3.05) is 25.4 Å². The van der Waals surface area contributed by atoms with Crippen LogP contribution in [-0.4, -0.2) is 40.8 Å². The van der Waals surface area contributed by atoms with Gasteiger partial charge in [-0.1, -0.05) is 29.3 Å². The fourth-order valence-electron chi connectivity index (χ4n) is 4.46. The summed E-state index contributed by atoms with van der Waals surface area (Å²) in [4.78, 5) is 2.47. The second-order valence-corrected chi connectivity index (χ2v) is 9.49. The highest BCUT2D eigenvalue weighted by Crippen LogP contribution is 2.30. The van der Waals surface area contributed by atoms with Crippen molar-refractivity contribution in [3.8, 4) is 17.0 Å². The Kier molecular flexibility index (Phi) is 8.15. The SMILES string of the molecule is NCCCC(Oc1ccc(-c2cc(N)n[nH]2)cc1)C1CCN(Cc2ccc(Cl)c(Cl)c2)CC1. The number of rotatable bonds is 9. The number of aromatic nitrogens is 2. The lowest BCUT2D eigenvalue weighted by Gasteiger charge is -2.36. The van der Waals surface area contributed by atoms with E-state index in [-0.39, 0.29) is 6.10 Å². The molecule has 4 rings (SSSR count). The maximum atomic E-state index is 6.48. The molecule has 1 aromatic heterocycles. The summed E-state index contributed by atoms with van der Waals surface area (Å²) >= 11 is 12.2. The number of ether oxygens (including phenoxy) is 1. The standard InChI is InChI=1S/C25H31Cl2N5O/c26-21-8-3-17(14-22(21)27)16-32-12-9-19(10-13-32)24(2-1-11-28)33-20-6-4-18(5-7-20)23-15-25(29)31-30-23/h3-8,14-15,19,24H,1-2,9-13,16,28H2,(H3,29,30,31). The van der Waals surface area contributed by atoms with E-state index in [1.807, 2.05) is 42.5 Å². The smallest absolute Gasteiger partial charge is 0.145 e. The molecule has 1 aliphatic rings. The number of likely N-dealkylation sites (tertiary alicyclic amines) is 1. The van der Waals surface area contributed by atoms with Crippen LogP contribution in [0.4, 0.5) is 5.82 Å². The Morgan fingerprint density at radius 1 is 1.06 bits per heavy atom. The van der Waals surface area contributed by atoms with Gasteiger partial charge in [0, 0.05) is 12.6 Å². The fourth-order valence-corrected chi connectivity index (χ4v) is 4.78. The molecular formula is C25H31Cl2N5O. The molecule has 0 bridgehead atoms. The summed E-state index contributed by atoms with van der Waals surface area (Å²) in [5.41, 5.74) is 14.6. The molecule has 8 heteroatoms. The van der Waals surface area contributed by atoms with Crippen LogP contribution >= 0.6 is 23.2 Å². The summed E-state index contributed by atoms with van der Waals surface area (Å²) in [6, 6.07) is 15.8. The summed E-state index contributed by atoms with van der Waals surface area (Å²) in [5.74, 6) is 1.87. The molecule has 1 fully saturated rings. The third-order valence-electron chi connectivity index (χ3n) is 6.29. The average molecular weight is 488 g/mol. The molecule has 1 atom stereocenters. The molecule has 1 saturated heterocycles. The molecule has 1 unspecified atom stereocenters. The van der Waals surface area contributed by atoms with Crippen LogP contribution in [0.2, 0.25) is 10.0 Å². The number of aromatic amines is 1. The second kappa shape index (κ2) is 11.3. The molecule has 0 aliphatic carbocycles. The molecule has 0 spiro atoms. The van der Waals surface area contributed by atoms with Gasteiger partial charge in [0.1, 0.15) is 17.7 Å². The van der Waals surface area contributed by atoms with Crippen molar-refractivity contribution in [2.24, 2.45) is 11.7 Å². The molecule has 33 heavy (non-hydrogen) atoms. The van der Waals surface area contributed by atoms with E-state index in [1.165, 1.54) is 5.56 Å². The van der Waals surface area contributed by atoms with Gasteiger partial charge in [-0.25, -0.2) is 0 Å². The molecule has 2 aromatic carbocycles. The van der Waals surface area contributed by atoms with Gasteiger partial charge in [-0.3, -0.25) is 10.00 Å². The molecule has 176 valence electrons. The predicted molar refractivity (Wildman–Crippen MR) is 136 cm³/mol. The Labute approximate surface area is 205 Å². The zero-order valence-electron chi connectivity index (χ0n) is 18.6. The fraction of sp³-hybridized carbons (Fsp3) is 0.400. The number of halogens is 2. The van der Waals surface area contributed by atoms with Crippen LogP contribution in [-0.2, 0) is 6.54 Å². The van der Waals surface area contributed by atoms with Crippen molar-refractivity contribution >= 4 is 29.0 Å². The third kappa shape index (κ3) is 6.42. The van der Waals surface area contributed by atoms with Crippen LogP contribution < -0.4 is 16.2 Å². The van der Waals surface area contributed by atoms with Crippen LogP contribution in [0.1, 0.15) is 31.2 Å². The topological polar surface area (TPSA) is 93.2 Å². The Balaban J connectivity index is 1.35. The number of nitrogens with one attached hydrogen (secondary N) is 1. The highest BCUT2D eigenvalue weighted by atomic mass is 35.5. The minimum Gasteiger partial charge on any atom is -0.490 e. The monoisotopic (exact) mass is 487 g/mol. The number of hydrogen-bond acceptors (Lipinski definition) is 5. The zero-order chi connectivity index (χ0) is 23.2. The first-order valence-electron chi connectivity index (χ1n) is 11.5. The van der Waals surface area contributed by atoms with Crippen LogP contribution in [0.15, 0.2) is 48.5 Å². The van der Waals surface area contributed by atoms with E-state index < -0.39 is 0 Å². The number of H-pyrrole nitrogens is 1. The first-order chi connectivity index (χ1) is 16.0. The van der Waals surface area contributed by atoms with Crippen molar-refractivity contribution in [3.05, 3.63) is 64.1 Å². The molecule has 5 N–H and O–H groups in total. The van der Waals surface area contributed by atoms with Crippen molar-refractivity contribution in [1.82, 2.24) is 15.1 Å². The predicted octanol–water partition coefficient (Wildman–Crippen LogP) is 5.36. The first-order valence-corrected chi connectivity index (χ1v) is 12.2. The van der Waals surface area contributed by atoms with E-state index in [4.69, 9.17) is 39.4 Å². The molecule has 0 amide bonds. The number of piperidine rings is 1. The van der Waals surface area contributed by atoms with Crippen LogP contribution in [0.25, 0.3) is 11.3 Å². The van der Waals surface area contributed by atoms with E-state index in [0.717, 1.165) is 62.3 Å². The van der Waals surface area contributed by atoms with Crippen molar-refractivity contribution in [1.29, 1.82) is 0 Å². The highest BCUT2D eigenvalue weighted by Gasteiger charge is 2.28. The molecule has 6 nitrogen and oxygen atoms in total. The molecule has 2 heterocycles. The minimum atomic E-state index is 0.161. The molecule has 0 radical (unpaired) electrons. The maximum absolute atomic E-state index is 6.48. The van der Waals surface area contributed by atoms with Crippen LogP contribution in [0.3, 0.4) is 0 Å². The average Bonchev–Trinajstić information content (AvgIpc) is 3.26. The quantitative estimate of drug-likeness (QED) is 0.377. The Morgan fingerprint density at radius 2 is 1.82 bits per heavy atom. The number of nitrogen functional groups attached to an aromatic ring is 1. The van der Waals surface area contributed by atoms with Crippen molar-refractivity contribution < 1.29 is 4.74 Å². The van der Waals surface area contributed by atoms with E-state index in [2.05, 4.69) is 21.2 Å². The lowest BCUT2D eigenvalue weighted by atomic mass is 9.88. The number of nitrogens with zero attached hydrogens (tertiary/aromatic N) is 2. The Hall–Kier alpha value is -2.25. The Bertz CT molecular complexity index is 1030. The number of anilines is 1. The van der Waals surface area contributed by atoms with Gasteiger partial charge in [0.15, 0.2) is 0 Å². The van der Waals surface area contributed by atoms with E-state index in [9.17, 15) is 0 Å². The van der Waals surface area contributed by atoms with Crippen LogP contribution in [0.5, 0.6) is 5.75 Å². The van der Waals surface area contributed by atoms with Crippen LogP contribution in [0, 0.1) is 5.92 Å². The van der Waals surface area contributed by atoms with Gasteiger partial charge in [-0.2, -0.15) is 5.10 Å². The normalized spacial score (nSPS) is 16.1. The van der Waals surface area contributed by atoms with Gasteiger partial charge in [0.05, 0.1) is 15.7 Å². The van der Waals surface area contributed by atoms with Crippen molar-refractivity contribution in [2.45, 2.75) is 38.3 Å². The van der Waals surface area contributed by atoms with Gasteiger partial charge in [-0.15, -0.1) is 0 Å². The molecular weight excluding hydrogens is 457 g/mol. The number of benzene rings is 2. The van der Waals surface area contributed by atoms with Gasteiger partial charge < -0.3 is 16.2 Å². The van der Waals surface area contributed by atoms with Gasteiger partial charge in [0.25, 0.3) is 0 Å². The lowest BCUT2D eigenvalue weighted by molar-refractivity contribution is 0.0679. The molecule has 3 aromatic rings. The van der Waals surface area contributed by atoms with Crippen molar-refractivity contribution in [3.63, 3.8) is 0 Å². The molecule has 1 aliphatic heterocycles.